The Labute approximate surface area is 178 Å². The maximum Gasteiger partial charge on any atom is 0.305 e. The van der Waals surface area contributed by atoms with E-state index in [1.807, 2.05) is 18.2 Å². The molecule has 0 aliphatic rings. The number of nitrogens with zero attached hydrogens (tertiary/aromatic N) is 1. The minimum Gasteiger partial charge on any atom is -0.469 e. The molecule has 3 N–H and O–H groups in total. The van der Waals surface area contributed by atoms with Crippen molar-refractivity contribution < 1.29 is 14.3 Å². The Morgan fingerprint density at radius 1 is 1.11 bits per heavy atom. The molecule has 0 fully saturated rings. The fourth-order valence-electron chi connectivity index (χ4n) is 2.44. The summed E-state index contributed by atoms with van der Waals surface area (Å²) >= 11 is 0. The van der Waals surface area contributed by atoms with E-state index in [0.29, 0.717) is 12.0 Å². The third-order valence-corrected chi connectivity index (χ3v) is 3.92. The Bertz CT molecular complexity index is 608. The van der Waals surface area contributed by atoms with Gasteiger partial charge in [0.25, 0.3) is 5.91 Å². The first-order valence-electron chi connectivity index (χ1n) is 8.93. The number of aliphatic imine (C=N–C) groups is 1. The molecule has 0 aliphatic heterocycles. The molecule has 1 amide bonds. The first-order valence-corrected chi connectivity index (χ1v) is 8.93. The molecule has 0 saturated heterocycles. The van der Waals surface area contributed by atoms with Gasteiger partial charge in [-0.15, -0.1) is 24.0 Å². The van der Waals surface area contributed by atoms with Crippen molar-refractivity contribution in [3.63, 3.8) is 0 Å². The fraction of sp³-hybridized carbons (Fsp3) is 0.526. The van der Waals surface area contributed by atoms with Crippen molar-refractivity contribution in [3.8, 4) is 0 Å². The van der Waals surface area contributed by atoms with Gasteiger partial charge in [0.2, 0.25) is 0 Å². The first-order chi connectivity index (χ1) is 12.6. The molecular formula is C19H31IN4O3. The van der Waals surface area contributed by atoms with Crippen LogP contribution in [0.1, 0.15) is 41.6 Å². The highest BCUT2D eigenvalue weighted by Gasteiger charge is 2.04. The van der Waals surface area contributed by atoms with E-state index in [1.54, 1.807) is 20.2 Å². The van der Waals surface area contributed by atoms with Gasteiger partial charge in [0.05, 0.1) is 7.11 Å². The second-order valence-electron chi connectivity index (χ2n) is 5.84. The van der Waals surface area contributed by atoms with Gasteiger partial charge >= 0.3 is 5.97 Å². The van der Waals surface area contributed by atoms with Crippen molar-refractivity contribution in [1.82, 2.24) is 16.0 Å². The van der Waals surface area contributed by atoms with Gasteiger partial charge in [0, 0.05) is 39.2 Å². The second-order valence-corrected chi connectivity index (χ2v) is 5.84. The van der Waals surface area contributed by atoms with Crippen LogP contribution in [0.15, 0.2) is 29.3 Å². The van der Waals surface area contributed by atoms with Crippen molar-refractivity contribution in [2.75, 3.05) is 34.3 Å². The summed E-state index contributed by atoms with van der Waals surface area (Å²) in [4.78, 5) is 26.9. The van der Waals surface area contributed by atoms with Crippen LogP contribution >= 0.6 is 24.0 Å². The maximum atomic E-state index is 11.7. The quantitative estimate of drug-likeness (QED) is 0.154. The van der Waals surface area contributed by atoms with Gasteiger partial charge in [-0.1, -0.05) is 18.6 Å². The molecule has 0 aliphatic carbocycles. The van der Waals surface area contributed by atoms with E-state index in [-0.39, 0.29) is 35.9 Å². The molecule has 1 rings (SSSR count). The number of carbonyl (C=O) groups is 2. The summed E-state index contributed by atoms with van der Waals surface area (Å²) in [7, 11) is 4.77. The summed E-state index contributed by atoms with van der Waals surface area (Å²) in [5.41, 5.74) is 1.76. The molecule has 0 unspecified atom stereocenters. The van der Waals surface area contributed by atoms with Crippen molar-refractivity contribution in [1.29, 1.82) is 0 Å². The fourth-order valence-corrected chi connectivity index (χ4v) is 2.44. The number of methoxy groups -OCH3 is 1. The number of esters is 1. The van der Waals surface area contributed by atoms with E-state index in [4.69, 9.17) is 0 Å². The molecule has 0 saturated carbocycles. The first kappa shape index (κ1) is 25.2. The van der Waals surface area contributed by atoms with Crippen molar-refractivity contribution in [3.05, 3.63) is 35.4 Å². The van der Waals surface area contributed by atoms with Gasteiger partial charge in [0.15, 0.2) is 5.96 Å². The molecular weight excluding hydrogens is 459 g/mol. The van der Waals surface area contributed by atoms with Gasteiger partial charge < -0.3 is 20.7 Å². The normalized spacial score (nSPS) is 10.6. The van der Waals surface area contributed by atoms with E-state index in [9.17, 15) is 9.59 Å². The minimum atomic E-state index is -0.157. The van der Waals surface area contributed by atoms with Crippen LogP contribution in [0.5, 0.6) is 0 Å². The second kappa shape index (κ2) is 15.2. The van der Waals surface area contributed by atoms with Gasteiger partial charge in [-0.3, -0.25) is 14.6 Å². The van der Waals surface area contributed by atoms with E-state index < -0.39 is 0 Å². The average Bonchev–Trinajstić information content (AvgIpc) is 2.68. The largest absolute Gasteiger partial charge is 0.469 e. The third kappa shape index (κ3) is 10.8. The molecule has 8 heteroatoms. The summed E-state index contributed by atoms with van der Waals surface area (Å²) < 4.78 is 4.61. The molecule has 1 aromatic carbocycles. The van der Waals surface area contributed by atoms with Gasteiger partial charge in [-0.2, -0.15) is 0 Å². The number of amides is 1. The molecule has 7 nitrogen and oxygen atoms in total. The predicted molar refractivity (Wildman–Crippen MR) is 119 cm³/mol. The molecule has 0 bridgehead atoms. The Balaban J connectivity index is 0.00000676. The highest BCUT2D eigenvalue weighted by Crippen LogP contribution is 2.05. The Morgan fingerprint density at radius 3 is 2.52 bits per heavy atom. The monoisotopic (exact) mass is 490 g/mol. The minimum absolute atomic E-state index is 0. The molecule has 0 radical (unpaired) electrons. The molecule has 27 heavy (non-hydrogen) atoms. The summed E-state index contributed by atoms with van der Waals surface area (Å²) in [6.45, 7) is 1.52. The van der Waals surface area contributed by atoms with Crippen LogP contribution in [-0.2, 0) is 16.0 Å². The van der Waals surface area contributed by atoms with Crippen molar-refractivity contribution in [2.24, 2.45) is 4.99 Å². The Kier molecular flexibility index (Phi) is 14.2. The standard InChI is InChI=1S/C19H30N4O3.HI/c1-20-18(25)16-9-7-8-15(14-16)11-13-23-19(21-2)22-12-6-4-5-10-17(24)26-3;/h7-9,14H,4-6,10-13H2,1-3H3,(H,20,25)(H2,21,22,23);1H. The summed E-state index contributed by atoms with van der Waals surface area (Å²) in [6, 6.07) is 7.60. The topological polar surface area (TPSA) is 91.8 Å². The molecule has 0 heterocycles. The zero-order valence-electron chi connectivity index (χ0n) is 16.3. The number of nitrogens with one attached hydrogen (secondary N) is 3. The zero-order chi connectivity index (χ0) is 19.2. The molecule has 0 atom stereocenters. The lowest BCUT2D eigenvalue weighted by Gasteiger charge is -2.12. The van der Waals surface area contributed by atoms with E-state index in [1.165, 1.54) is 7.11 Å². The number of ether oxygens (including phenoxy) is 1. The van der Waals surface area contributed by atoms with E-state index in [2.05, 4.69) is 25.7 Å². The number of hydrogen-bond donors (Lipinski definition) is 3. The van der Waals surface area contributed by atoms with Crippen molar-refractivity contribution in [2.45, 2.75) is 32.1 Å². The average molecular weight is 490 g/mol. The van der Waals surface area contributed by atoms with Crippen LogP contribution in [0.3, 0.4) is 0 Å². The molecule has 152 valence electrons. The third-order valence-electron chi connectivity index (χ3n) is 3.92. The SMILES string of the molecule is CN=C(NCCCCCC(=O)OC)NCCc1cccc(C(=O)NC)c1.I. The maximum absolute atomic E-state index is 11.7. The van der Waals surface area contributed by atoms with Crippen LogP contribution in [0.25, 0.3) is 0 Å². The lowest BCUT2D eigenvalue weighted by atomic mass is 10.1. The number of rotatable bonds is 10. The van der Waals surface area contributed by atoms with Crippen LogP contribution in [0.4, 0.5) is 0 Å². The van der Waals surface area contributed by atoms with Crippen molar-refractivity contribution >= 4 is 41.8 Å². The van der Waals surface area contributed by atoms with E-state index >= 15 is 0 Å². The highest BCUT2D eigenvalue weighted by atomic mass is 127. The lowest BCUT2D eigenvalue weighted by Crippen LogP contribution is -2.38. The van der Waals surface area contributed by atoms with Gasteiger partial charge in [-0.05, 0) is 37.0 Å². The van der Waals surface area contributed by atoms with Gasteiger partial charge in [0.1, 0.15) is 0 Å². The number of hydrogen-bond acceptors (Lipinski definition) is 4. The number of halogens is 1. The summed E-state index contributed by atoms with van der Waals surface area (Å²) in [6.07, 6.45) is 4.03. The van der Waals surface area contributed by atoms with Crippen LogP contribution in [0, 0.1) is 0 Å². The molecule has 0 aromatic heterocycles. The summed E-state index contributed by atoms with van der Waals surface area (Å²) in [5, 5.41) is 9.15. The van der Waals surface area contributed by atoms with Crippen LogP contribution in [-0.4, -0.2) is 52.1 Å². The van der Waals surface area contributed by atoms with Crippen LogP contribution in [0.2, 0.25) is 0 Å². The number of benzene rings is 1. The molecule has 1 aromatic rings. The smallest absolute Gasteiger partial charge is 0.305 e. The zero-order valence-corrected chi connectivity index (χ0v) is 18.7. The Hall–Kier alpha value is -1.84. The summed E-state index contributed by atoms with van der Waals surface area (Å²) in [5.74, 6) is 0.515. The number of carbonyl (C=O) groups excluding carboxylic acids is 2. The van der Waals surface area contributed by atoms with Crippen LogP contribution < -0.4 is 16.0 Å². The molecule has 0 spiro atoms. The van der Waals surface area contributed by atoms with E-state index in [0.717, 1.165) is 50.3 Å². The highest BCUT2D eigenvalue weighted by molar-refractivity contribution is 14.0. The predicted octanol–water partition coefficient (Wildman–Crippen LogP) is 2.11. The number of guanidine groups is 1. The lowest BCUT2D eigenvalue weighted by molar-refractivity contribution is -0.140. The Morgan fingerprint density at radius 2 is 1.85 bits per heavy atom. The van der Waals surface area contributed by atoms with Gasteiger partial charge in [-0.25, -0.2) is 0 Å². The number of unbranched alkanes of at least 4 members (excludes halogenated alkanes) is 2.